The van der Waals surface area contributed by atoms with Crippen molar-refractivity contribution in [1.29, 1.82) is 0 Å². The molecule has 0 bridgehead atoms. The SMILES string of the molecule is Cc1cc(CCC[C@@H](C(=O)N[C@H](C(=O)N[C@H](C)c2cccnc2)C(C)(C)C)[C@@H]2OC(C)(C)OC2=O)ccc1-c1ccccc1. The lowest BCUT2D eigenvalue weighted by molar-refractivity contribution is -0.162. The zero-order chi connectivity index (χ0) is 32.1. The van der Waals surface area contributed by atoms with Crippen LogP contribution in [0.25, 0.3) is 11.1 Å². The van der Waals surface area contributed by atoms with Crippen LogP contribution in [0.3, 0.4) is 0 Å². The summed E-state index contributed by atoms with van der Waals surface area (Å²) in [5.74, 6) is -3.26. The van der Waals surface area contributed by atoms with Crippen LogP contribution in [0, 0.1) is 18.3 Å². The van der Waals surface area contributed by atoms with Gasteiger partial charge in [0.15, 0.2) is 6.10 Å². The normalized spacial score (nSPS) is 18.2. The molecule has 0 unspecified atom stereocenters. The van der Waals surface area contributed by atoms with Crippen LogP contribution in [0.15, 0.2) is 73.1 Å². The number of amides is 2. The van der Waals surface area contributed by atoms with E-state index in [0.29, 0.717) is 12.8 Å². The van der Waals surface area contributed by atoms with E-state index in [4.69, 9.17) is 9.47 Å². The molecule has 1 fully saturated rings. The molecule has 2 heterocycles. The number of hydrogen-bond donors (Lipinski definition) is 2. The predicted molar refractivity (Wildman–Crippen MR) is 170 cm³/mol. The Morgan fingerprint density at radius 2 is 1.73 bits per heavy atom. The van der Waals surface area contributed by atoms with Crippen molar-refractivity contribution in [3.63, 3.8) is 0 Å². The van der Waals surface area contributed by atoms with E-state index in [2.05, 4.69) is 52.9 Å². The molecule has 1 aromatic heterocycles. The van der Waals surface area contributed by atoms with Crippen LogP contribution >= 0.6 is 0 Å². The minimum Gasteiger partial charge on any atom is -0.432 e. The van der Waals surface area contributed by atoms with Crippen molar-refractivity contribution in [2.45, 2.75) is 91.7 Å². The highest BCUT2D eigenvalue weighted by Gasteiger charge is 2.48. The summed E-state index contributed by atoms with van der Waals surface area (Å²) in [4.78, 5) is 44.5. The first-order chi connectivity index (χ1) is 20.7. The van der Waals surface area contributed by atoms with E-state index >= 15 is 0 Å². The van der Waals surface area contributed by atoms with Gasteiger partial charge in [0, 0.05) is 26.2 Å². The van der Waals surface area contributed by atoms with Gasteiger partial charge in [-0.2, -0.15) is 0 Å². The van der Waals surface area contributed by atoms with Gasteiger partial charge in [-0.1, -0.05) is 75.4 Å². The van der Waals surface area contributed by atoms with Gasteiger partial charge in [-0.05, 0) is 72.4 Å². The van der Waals surface area contributed by atoms with Gasteiger partial charge in [0.2, 0.25) is 17.6 Å². The Kier molecular flexibility index (Phi) is 10.3. The van der Waals surface area contributed by atoms with Crippen LogP contribution in [-0.2, 0) is 30.3 Å². The molecular formula is C36H45N3O5. The second kappa shape index (κ2) is 13.7. The van der Waals surface area contributed by atoms with Crippen LogP contribution in [0.2, 0.25) is 0 Å². The first kappa shape index (κ1) is 32.9. The van der Waals surface area contributed by atoms with Crippen molar-refractivity contribution in [3.05, 3.63) is 89.7 Å². The standard InChI is InChI=1S/C36H45N3O5/c1-23-21-25(18-19-28(23)26-14-9-8-10-15-26)13-11-17-29(30-34(42)44-36(6,7)43-30)32(40)39-31(35(3,4)5)33(41)38-24(2)27-16-12-20-37-22-27/h8-10,12,14-16,18-22,24,29-31H,11,13,17H2,1-7H3,(H,38,41)(H,39,40)/t24-,29-,30+,31-/m1/s1. The zero-order valence-electron chi connectivity index (χ0n) is 26.8. The number of carbonyl (C=O) groups excluding carboxylic acids is 3. The maximum Gasteiger partial charge on any atom is 0.338 e. The molecule has 3 aromatic rings. The fourth-order valence-corrected chi connectivity index (χ4v) is 5.63. The van der Waals surface area contributed by atoms with Crippen LogP contribution in [0.5, 0.6) is 0 Å². The minimum absolute atomic E-state index is 0.306. The average molecular weight is 600 g/mol. The van der Waals surface area contributed by atoms with E-state index in [0.717, 1.165) is 17.5 Å². The van der Waals surface area contributed by atoms with Gasteiger partial charge in [0.1, 0.15) is 6.04 Å². The number of cyclic esters (lactones) is 1. The van der Waals surface area contributed by atoms with E-state index in [9.17, 15) is 14.4 Å². The van der Waals surface area contributed by atoms with E-state index in [-0.39, 0.29) is 11.9 Å². The zero-order valence-corrected chi connectivity index (χ0v) is 26.8. The molecule has 2 amide bonds. The Balaban J connectivity index is 1.48. The third-order valence-electron chi connectivity index (χ3n) is 8.01. The summed E-state index contributed by atoms with van der Waals surface area (Å²) in [5, 5.41) is 5.98. The molecule has 2 N–H and O–H groups in total. The van der Waals surface area contributed by atoms with Gasteiger partial charge in [-0.3, -0.25) is 14.6 Å². The van der Waals surface area contributed by atoms with Crippen molar-refractivity contribution in [2.24, 2.45) is 11.3 Å². The number of nitrogens with one attached hydrogen (secondary N) is 2. The van der Waals surface area contributed by atoms with Crippen LogP contribution in [0.1, 0.15) is 77.1 Å². The molecule has 234 valence electrons. The monoisotopic (exact) mass is 599 g/mol. The number of carbonyl (C=O) groups is 3. The molecule has 4 atom stereocenters. The summed E-state index contributed by atoms with van der Waals surface area (Å²) < 4.78 is 11.4. The number of pyridine rings is 1. The Morgan fingerprint density at radius 1 is 1.00 bits per heavy atom. The van der Waals surface area contributed by atoms with Crippen molar-refractivity contribution >= 4 is 17.8 Å². The lowest BCUT2D eigenvalue weighted by atomic mass is 9.84. The van der Waals surface area contributed by atoms with Gasteiger partial charge in [-0.15, -0.1) is 0 Å². The summed E-state index contributed by atoms with van der Waals surface area (Å²) >= 11 is 0. The summed E-state index contributed by atoms with van der Waals surface area (Å²) in [6.07, 6.45) is 4.05. The summed E-state index contributed by atoms with van der Waals surface area (Å²) in [6, 6.07) is 19.2. The first-order valence-corrected chi connectivity index (χ1v) is 15.3. The Hall–Kier alpha value is -4.04. The molecule has 1 aliphatic heterocycles. The number of esters is 1. The van der Waals surface area contributed by atoms with Gasteiger partial charge in [-0.25, -0.2) is 4.79 Å². The number of benzene rings is 2. The Bertz CT molecular complexity index is 1450. The minimum atomic E-state index is -1.13. The molecule has 4 rings (SSSR count). The topological polar surface area (TPSA) is 107 Å². The van der Waals surface area contributed by atoms with Crippen molar-refractivity contribution in [1.82, 2.24) is 15.6 Å². The van der Waals surface area contributed by atoms with E-state index in [1.807, 2.05) is 58.0 Å². The smallest absolute Gasteiger partial charge is 0.338 e. The fourth-order valence-electron chi connectivity index (χ4n) is 5.63. The van der Waals surface area contributed by atoms with Crippen LogP contribution in [-0.4, -0.2) is 40.7 Å². The molecule has 0 saturated carbocycles. The third kappa shape index (κ3) is 8.32. The molecule has 1 aliphatic rings. The molecule has 8 heteroatoms. The molecule has 8 nitrogen and oxygen atoms in total. The summed E-state index contributed by atoms with van der Waals surface area (Å²) in [5.41, 5.74) is 4.92. The number of aryl methyl sites for hydroxylation is 2. The predicted octanol–water partition coefficient (Wildman–Crippen LogP) is 6.08. The van der Waals surface area contributed by atoms with Gasteiger partial charge in [0.05, 0.1) is 12.0 Å². The number of aromatic nitrogens is 1. The highest BCUT2D eigenvalue weighted by atomic mass is 16.8. The average Bonchev–Trinajstić information content (AvgIpc) is 3.25. The second-order valence-corrected chi connectivity index (χ2v) is 13.2. The summed E-state index contributed by atoms with van der Waals surface area (Å²) in [7, 11) is 0. The molecule has 0 aliphatic carbocycles. The molecule has 1 saturated heterocycles. The molecule has 44 heavy (non-hydrogen) atoms. The van der Waals surface area contributed by atoms with Crippen molar-refractivity contribution < 1.29 is 23.9 Å². The van der Waals surface area contributed by atoms with Crippen LogP contribution < -0.4 is 10.6 Å². The number of ether oxygens (including phenoxy) is 2. The number of nitrogens with zero attached hydrogens (tertiary/aromatic N) is 1. The van der Waals surface area contributed by atoms with E-state index < -0.39 is 41.1 Å². The largest absolute Gasteiger partial charge is 0.432 e. The highest BCUT2D eigenvalue weighted by molar-refractivity contribution is 5.92. The van der Waals surface area contributed by atoms with Crippen molar-refractivity contribution in [2.75, 3.05) is 0 Å². The second-order valence-electron chi connectivity index (χ2n) is 13.2. The fraction of sp³-hybridized carbons (Fsp3) is 0.444. The lowest BCUT2D eigenvalue weighted by Crippen LogP contribution is -2.56. The quantitative estimate of drug-likeness (QED) is 0.259. The maximum atomic E-state index is 13.9. The lowest BCUT2D eigenvalue weighted by Gasteiger charge is -2.33. The maximum absolute atomic E-state index is 13.9. The highest BCUT2D eigenvalue weighted by Crippen LogP contribution is 2.32. The van der Waals surface area contributed by atoms with Crippen LogP contribution in [0.4, 0.5) is 0 Å². The molecule has 0 spiro atoms. The molecule has 0 radical (unpaired) electrons. The Labute approximate surface area is 261 Å². The third-order valence-corrected chi connectivity index (χ3v) is 8.01. The number of hydrogen-bond acceptors (Lipinski definition) is 6. The molecular weight excluding hydrogens is 554 g/mol. The van der Waals surface area contributed by atoms with Gasteiger partial charge >= 0.3 is 5.97 Å². The molecule has 2 aromatic carbocycles. The van der Waals surface area contributed by atoms with E-state index in [1.54, 1.807) is 26.2 Å². The number of rotatable bonds is 11. The van der Waals surface area contributed by atoms with Crippen molar-refractivity contribution in [3.8, 4) is 11.1 Å². The Morgan fingerprint density at radius 3 is 2.32 bits per heavy atom. The van der Waals surface area contributed by atoms with E-state index in [1.165, 1.54) is 16.7 Å². The van der Waals surface area contributed by atoms with Gasteiger partial charge in [0.25, 0.3) is 0 Å². The first-order valence-electron chi connectivity index (χ1n) is 15.3. The van der Waals surface area contributed by atoms with Gasteiger partial charge < -0.3 is 20.1 Å². The summed E-state index contributed by atoms with van der Waals surface area (Å²) in [6.45, 7) is 13.0.